The molecule has 2 fully saturated rings. The number of imide groups is 1. The lowest BCUT2D eigenvalue weighted by atomic mass is 10.0. The van der Waals surface area contributed by atoms with E-state index in [-0.39, 0.29) is 18.0 Å². The first-order chi connectivity index (χ1) is 9.52. The van der Waals surface area contributed by atoms with Crippen LogP contribution >= 0.6 is 0 Å². The monoisotopic (exact) mass is 281 g/mol. The van der Waals surface area contributed by atoms with Gasteiger partial charge in [0.2, 0.25) is 0 Å². The number of piperidine rings is 1. The topological polar surface area (TPSA) is 52.6 Å². The van der Waals surface area contributed by atoms with Gasteiger partial charge in [-0.3, -0.25) is 9.69 Å². The summed E-state index contributed by atoms with van der Waals surface area (Å²) >= 11 is 0. The first kappa shape index (κ1) is 15.3. The van der Waals surface area contributed by atoms with E-state index in [1.54, 1.807) is 0 Å². The lowest BCUT2D eigenvalue weighted by molar-refractivity contribution is -0.129. The van der Waals surface area contributed by atoms with Gasteiger partial charge in [-0.25, -0.2) is 9.69 Å². The van der Waals surface area contributed by atoms with Crippen LogP contribution in [0.15, 0.2) is 0 Å². The van der Waals surface area contributed by atoms with Crippen molar-refractivity contribution in [1.29, 1.82) is 0 Å². The fourth-order valence-electron chi connectivity index (χ4n) is 3.23. The third-order valence-electron chi connectivity index (χ3n) is 4.36. The van der Waals surface area contributed by atoms with E-state index in [9.17, 15) is 9.59 Å². The highest BCUT2D eigenvalue weighted by Crippen LogP contribution is 2.21. The second-order valence-corrected chi connectivity index (χ2v) is 6.41. The molecular formula is C15H27N3O2. The van der Waals surface area contributed by atoms with Gasteiger partial charge in [-0.2, -0.15) is 0 Å². The van der Waals surface area contributed by atoms with Crippen LogP contribution in [0, 0.1) is 5.92 Å². The van der Waals surface area contributed by atoms with Gasteiger partial charge in [0.15, 0.2) is 0 Å². The van der Waals surface area contributed by atoms with Crippen molar-refractivity contribution >= 4 is 11.9 Å². The summed E-state index contributed by atoms with van der Waals surface area (Å²) in [7, 11) is 0. The van der Waals surface area contributed by atoms with Gasteiger partial charge in [-0.1, -0.05) is 27.2 Å². The maximum Gasteiger partial charge on any atom is 0.325 e. The molecule has 0 aromatic carbocycles. The first-order valence-corrected chi connectivity index (χ1v) is 7.88. The number of nitrogens with zero attached hydrogens (tertiary/aromatic N) is 2. The van der Waals surface area contributed by atoms with Crippen LogP contribution in [0.3, 0.4) is 0 Å². The number of rotatable bonds is 5. The Labute approximate surface area is 121 Å². The summed E-state index contributed by atoms with van der Waals surface area (Å²) in [6, 6.07) is -0.0399. The van der Waals surface area contributed by atoms with Crippen molar-refractivity contribution in [1.82, 2.24) is 15.1 Å². The van der Waals surface area contributed by atoms with Gasteiger partial charge >= 0.3 is 6.03 Å². The zero-order valence-electron chi connectivity index (χ0n) is 12.9. The standard InChI is InChI=1S/C15H27N3O2/c1-4-12-7-5-6-8-17(12)10-18-14(19)13(9-11(2)3)16-15(18)20/h11-13H,4-10H2,1-3H3,(H,16,20). The highest BCUT2D eigenvalue weighted by atomic mass is 16.2. The van der Waals surface area contributed by atoms with E-state index in [0.29, 0.717) is 18.6 Å². The molecule has 2 saturated heterocycles. The number of urea groups is 1. The summed E-state index contributed by atoms with van der Waals surface area (Å²) in [6.07, 6.45) is 5.40. The minimum atomic E-state index is -0.327. The predicted octanol–water partition coefficient (Wildman–Crippen LogP) is 2.17. The van der Waals surface area contributed by atoms with Crippen molar-refractivity contribution in [3.05, 3.63) is 0 Å². The quantitative estimate of drug-likeness (QED) is 0.786. The SMILES string of the molecule is CCC1CCCCN1CN1C(=O)NC(CC(C)C)C1=O. The Morgan fingerprint density at radius 1 is 1.30 bits per heavy atom. The fraction of sp³-hybridized carbons (Fsp3) is 0.867. The average Bonchev–Trinajstić information content (AvgIpc) is 2.66. The molecule has 0 aromatic rings. The zero-order valence-corrected chi connectivity index (χ0v) is 12.9. The van der Waals surface area contributed by atoms with Crippen LogP contribution in [0.1, 0.15) is 52.9 Å². The van der Waals surface area contributed by atoms with Crippen molar-refractivity contribution in [3.63, 3.8) is 0 Å². The maximum atomic E-state index is 12.3. The molecule has 0 radical (unpaired) electrons. The molecule has 2 aliphatic rings. The molecule has 114 valence electrons. The molecule has 2 aliphatic heterocycles. The number of carbonyl (C=O) groups is 2. The molecule has 0 aromatic heterocycles. The molecule has 0 aliphatic carbocycles. The predicted molar refractivity (Wildman–Crippen MR) is 78.1 cm³/mol. The van der Waals surface area contributed by atoms with E-state index >= 15 is 0 Å². The number of hydrogen-bond acceptors (Lipinski definition) is 3. The molecule has 5 nitrogen and oxygen atoms in total. The second kappa shape index (κ2) is 6.57. The highest BCUT2D eigenvalue weighted by molar-refractivity contribution is 6.04. The van der Waals surface area contributed by atoms with Gasteiger partial charge in [-0.15, -0.1) is 0 Å². The molecular weight excluding hydrogens is 254 g/mol. The Morgan fingerprint density at radius 2 is 2.05 bits per heavy atom. The molecule has 0 saturated carbocycles. The molecule has 20 heavy (non-hydrogen) atoms. The molecule has 2 atom stereocenters. The number of amides is 3. The van der Waals surface area contributed by atoms with Crippen molar-refractivity contribution in [2.75, 3.05) is 13.2 Å². The van der Waals surface area contributed by atoms with E-state index in [0.717, 1.165) is 25.8 Å². The summed E-state index contributed by atoms with van der Waals surface area (Å²) < 4.78 is 0. The molecule has 2 unspecified atom stereocenters. The van der Waals surface area contributed by atoms with Crippen LogP contribution in [-0.2, 0) is 4.79 Å². The Balaban J connectivity index is 1.98. The van der Waals surface area contributed by atoms with Crippen LogP contribution in [0.4, 0.5) is 4.79 Å². The van der Waals surface area contributed by atoms with Crippen molar-refractivity contribution in [2.24, 2.45) is 5.92 Å². The molecule has 0 spiro atoms. The van der Waals surface area contributed by atoms with Gasteiger partial charge in [0.1, 0.15) is 6.04 Å². The summed E-state index contributed by atoms with van der Waals surface area (Å²) in [5.41, 5.74) is 0. The molecule has 2 heterocycles. The zero-order chi connectivity index (χ0) is 14.7. The average molecular weight is 281 g/mol. The lowest BCUT2D eigenvalue weighted by Gasteiger charge is -2.36. The summed E-state index contributed by atoms with van der Waals surface area (Å²) in [5.74, 6) is 0.353. The van der Waals surface area contributed by atoms with Crippen LogP contribution < -0.4 is 5.32 Å². The van der Waals surface area contributed by atoms with Crippen molar-refractivity contribution in [2.45, 2.75) is 65.0 Å². The lowest BCUT2D eigenvalue weighted by Crippen LogP contribution is -2.48. The third-order valence-corrected chi connectivity index (χ3v) is 4.36. The molecule has 2 rings (SSSR count). The summed E-state index contributed by atoms with van der Waals surface area (Å²) in [6.45, 7) is 7.76. The largest absolute Gasteiger partial charge is 0.326 e. The van der Waals surface area contributed by atoms with Crippen LogP contribution in [0.5, 0.6) is 0 Å². The number of nitrogens with one attached hydrogen (secondary N) is 1. The van der Waals surface area contributed by atoms with Gasteiger partial charge in [0.05, 0.1) is 6.67 Å². The number of hydrogen-bond donors (Lipinski definition) is 1. The van der Waals surface area contributed by atoms with Gasteiger partial charge in [0, 0.05) is 12.6 Å². The van der Waals surface area contributed by atoms with E-state index in [1.807, 2.05) is 0 Å². The minimum Gasteiger partial charge on any atom is -0.326 e. The van der Waals surface area contributed by atoms with Crippen LogP contribution in [-0.4, -0.2) is 47.0 Å². The molecule has 0 bridgehead atoms. The Hall–Kier alpha value is -1.10. The Morgan fingerprint density at radius 3 is 2.70 bits per heavy atom. The Kier molecular flexibility index (Phi) is 5.02. The smallest absolute Gasteiger partial charge is 0.325 e. The van der Waals surface area contributed by atoms with Gasteiger partial charge < -0.3 is 5.32 Å². The molecule has 5 heteroatoms. The normalized spacial score (nSPS) is 28.3. The fourth-order valence-corrected chi connectivity index (χ4v) is 3.23. The highest BCUT2D eigenvalue weighted by Gasteiger charge is 2.39. The van der Waals surface area contributed by atoms with E-state index in [4.69, 9.17) is 0 Å². The second-order valence-electron chi connectivity index (χ2n) is 6.41. The van der Waals surface area contributed by atoms with Crippen LogP contribution in [0.25, 0.3) is 0 Å². The third kappa shape index (κ3) is 3.32. The minimum absolute atomic E-state index is 0.0517. The van der Waals surface area contributed by atoms with Crippen molar-refractivity contribution in [3.8, 4) is 0 Å². The van der Waals surface area contributed by atoms with Crippen molar-refractivity contribution < 1.29 is 9.59 Å². The number of likely N-dealkylation sites (tertiary alicyclic amines) is 1. The molecule has 1 N–H and O–H groups in total. The van der Waals surface area contributed by atoms with E-state index in [1.165, 1.54) is 17.7 Å². The Bertz CT molecular complexity index is 370. The van der Waals surface area contributed by atoms with Gasteiger partial charge in [0.25, 0.3) is 5.91 Å². The summed E-state index contributed by atoms with van der Waals surface area (Å²) in [4.78, 5) is 28.0. The molecule has 3 amide bonds. The van der Waals surface area contributed by atoms with E-state index < -0.39 is 0 Å². The maximum absolute atomic E-state index is 12.3. The first-order valence-electron chi connectivity index (χ1n) is 7.88. The number of carbonyl (C=O) groups excluding carboxylic acids is 2. The van der Waals surface area contributed by atoms with Crippen LogP contribution in [0.2, 0.25) is 0 Å². The van der Waals surface area contributed by atoms with E-state index in [2.05, 4.69) is 31.0 Å². The summed E-state index contributed by atoms with van der Waals surface area (Å²) in [5, 5.41) is 2.82. The van der Waals surface area contributed by atoms with Gasteiger partial charge in [-0.05, 0) is 31.6 Å².